The van der Waals surface area contributed by atoms with Gasteiger partial charge in [0.25, 0.3) is 11.8 Å². The summed E-state index contributed by atoms with van der Waals surface area (Å²) in [6.07, 6.45) is -0.138. The van der Waals surface area contributed by atoms with Gasteiger partial charge in [0.05, 0.1) is 36.3 Å². The number of aromatic nitrogens is 6. The van der Waals surface area contributed by atoms with Crippen molar-refractivity contribution in [3.05, 3.63) is 138 Å². The van der Waals surface area contributed by atoms with Crippen molar-refractivity contribution in [2.45, 2.75) is 24.9 Å². The van der Waals surface area contributed by atoms with Crippen LogP contribution in [-0.2, 0) is 0 Å². The van der Waals surface area contributed by atoms with E-state index in [1.54, 1.807) is 84.9 Å². The molecule has 0 bridgehead atoms. The van der Waals surface area contributed by atoms with E-state index in [0.29, 0.717) is 22.5 Å². The summed E-state index contributed by atoms with van der Waals surface area (Å²) < 4.78 is 5.99. The Kier molecular flexibility index (Phi) is 5.01. The van der Waals surface area contributed by atoms with E-state index < -0.39 is 46.7 Å². The van der Waals surface area contributed by atoms with E-state index in [0.717, 1.165) is 27.9 Å². The smallest absolute Gasteiger partial charge is 0.272 e. The fraction of sp³-hybridized carbons (Fsp3) is 0.143. The summed E-state index contributed by atoms with van der Waals surface area (Å²) in [5.41, 5.74) is -0.795. The predicted octanol–water partition coefficient (Wildman–Crippen LogP) is 1.18. The number of carbonyl (C=O) groups excluding carboxylic acids is 2. The minimum absolute atomic E-state index is 0.0691. The van der Waals surface area contributed by atoms with Crippen molar-refractivity contribution in [3.8, 4) is 11.4 Å². The van der Waals surface area contributed by atoms with E-state index in [1.165, 1.54) is 0 Å². The van der Waals surface area contributed by atoms with Crippen LogP contribution in [0, 0.1) is 0 Å². The maximum Gasteiger partial charge on any atom is 0.359 e. The Balaban J connectivity index is 1.27. The number of hydrogen-bond donors (Lipinski definition) is 0. The van der Waals surface area contributed by atoms with Crippen LogP contribution in [0.25, 0.3) is 11.4 Å². The second-order valence-corrected chi connectivity index (χ2v) is 9.68. The molecule has 2 aliphatic heterocycles. The minimum Gasteiger partial charge on any atom is -0.272 e. The highest BCUT2D eigenvalue weighted by molar-refractivity contribution is 5.81. The molecule has 2 atom stereocenters. The zero-order valence-corrected chi connectivity index (χ0v) is 20.8. The average Bonchev–Trinajstić information content (AvgIpc) is 3.65. The van der Waals surface area contributed by atoms with Crippen molar-refractivity contribution in [3.63, 3.8) is 0 Å². The van der Waals surface area contributed by atoms with Crippen LogP contribution < -0.4 is 22.8 Å². The molecule has 0 fully saturated rings. The summed E-state index contributed by atoms with van der Waals surface area (Å²) in [5.74, 6) is -0.991. The van der Waals surface area contributed by atoms with Crippen molar-refractivity contribution < 1.29 is 9.59 Å². The molecule has 0 radical (unpaired) electrons. The van der Waals surface area contributed by atoms with Gasteiger partial charge < -0.3 is 0 Å². The van der Waals surface area contributed by atoms with E-state index in [-0.39, 0.29) is 12.8 Å². The Morgan fingerprint density at radius 3 is 1.15 bits per heavy atom. The lowest BCUT2D eigenvalue weighted by molar-refractivity contribution is 0.0902. The van der Waals surface area contributed by atoms with Crippen molar-refractivity contribution in [1.29, 1.82) is 0 Å². The van der Waals surface area contributed by atoms with Crippen LogP contribution in [0.3, 0.4) is 0 Å². The summed E-state index contributed by atoms with van der Waals surface area (Å²) in [6, 6.07) is 22.1. The van der Waals surface area contributed by atoms with Crippen LogP contribution in [0.2, 0.25) is 0 Å². The molecule has 12 nitrogen and oxygen atoms in total. The van der Waals surface area contributed by atoms with Gasteiger partial charge in [-0.1, -0.05) is 60.7 Å². The molecule has 4 heterocycles. The molecule has 0 saturated carbocycles. The summed E-state index contributed by atoms with van der Waals surface area (Å²) in [7, 11) is 0. The standard InChI is InChI=1S/C28H20N6O6/c35-23-15-21(31-25(37)29(27(39)33(23)31)19-7-3-1-4-8-19)17-11-13-18(14-12-17)22-16-24(36)34-28(40)30(26(38)32(22)34)20-9-5-2-6-10-20/h1-14,21-22H,15-16H2. The first kappa shape index (κ1) is 23.6. The molecule has 0 N–H and O–H groups in total. The lowest BCUT2D eigenvalue weighted by atomic mass is 9.99. The van der Waals surface area contributed by atoms with E-state index in [1.807, 2.05) is 0 Å². The summed E-state index contributed by atoms with van der Waals surface area (Å²) in [5, 5.41) is 0. The molecule has 12 heteroatoms. The van der Waals surface area contributed by atoms with Crippen molar-refractivity contribution in [2.75, 3.05) is 0 Å². The van der Waals surface area contributed by atoms with Gasteiger partial charge in [0.1, 0.15) is 0 Å². The van der Waals surface area contributed by atoms with Gasteiger partial charge in [-0.05, 0) is 35.4 Å². The quantitative estimate of drug-likeness (QED) is 0.339. The van der Waals surface area contributed by atoms with Gasteiger partial charge in [-0.15, -0.1) is 0 Å². The number of fused-ring (bicyclic) bond motifs is 2. The zero-order valence-electron chi connectivity index (χ0n) is 20.8. The van der Waals surface area contributed by atoms with Gasteiger partial charge in [-0.2, -0.15) is 9.36 Å². The number of rotatable bonds is 4. The van der Waals surface area contributed by atoms with E-state index in [9.17, 15) is 28.8 Å². The Labute approximate surface area is 223 Å². The third-order valence-electron chi connectivity index (χ3n) is 7.48. The molecule has 198 valence electrons. The minimum atomic E-state index is -0.731. The highest BCUT2D eigenvalue weighted by Crippen LogP contribution is 2.30. The largest absolute Gasteiger partial charge is 0.359 e. The monoisotopic (exact) mass is 536 g/mol. The SMILES string of the molecule is O=C1CC(c2ccc(C3CC(=O)n4c(=O)n(-c5ccccc5)c(=O)n43)cc2)n2c(=O)n(-c3ccccc3)c(=O)n21. The van der Waals surface area contributed by atoms with Gasteiger partial charge in [-0.3, -0.25) is 9.59 Å². The van der Waals surface area contributed by atoms with Crippen LogP contribution in [0.1, 0.15) is 45.6 Å². The lowest BCUT2D eigenvalue weighted by Gasteiger charge is -2.14. The van der Waals surface area contributed by atoms with Gasteiger partial charge >= 0.3 is 22.8 Å². The van der Waals surface area contributed by atoms with Crippen LogP contribution in [0.4, 0.5) is 0 Å². The molecule has 0 aliphatic carbocycles. The van der Waals surface area contributed by atoms with Crippen LogP contribution >= 0.6 is 0 Å². The Morgan fingerprint density at radius 1 is 0.450 bits per heavy atom. The van der Waals surface area contributed by atoms with E-state index in [2.05, 4.69) is 0 Å². The molecule has 0 spiro atoms. The molecule has 0 saturated heterocycles. The number of benzene rings is 3. The lowest BCUT2D eigenvalue weighted by Crippen LogP contribution is -2.30. The number of nitrogens with zero attached hydrogens (tertiary/aromatic N) is 6. The molecule has 2 aliphatic rings. The third-order valence-corrected chi connectivity index (χ3v) is 7.48. The van der Waals surface area contributed by atoms with Gasteiger partial charge in [-0.25, -0.2) is 37.7 Å². The summed E-state index contributed by atoms with van der Waals surface area (Å²) >= 11 is 0. The summed E-state index contributed by atoms with van der Waals surface area (Å²) in [4.78, 5) is 78.2. The van der Waals surface area contributed by atoms with Crippen LogP contribution in [0.15, 0.2) is 104 Å². The van der Waals surface area contributed by atoms with E-state index in [4.69, 9.17) is 0 Å². The Hall–Kier alpha value is -5.52. The first-order valence-electron chi connectivity index (χ1n) is 12.6. The fourth-order valence-electron chi connectivity index (χ4n) is 5.64. The second kappa shape index (κ2) is 8.50. The zero-order chi connectivity index (χ0) is 27.7. The normalized spacial score (nSPS) is 17.8. The van der Waals surface area contributed by atoms with Crippen LogP contribution in [0.5, 0.6) is 0 Å². The number of para-hydroxylation sites is 2. The number of hydrogen-bond acceptors (Lipinski definition) is 6. The van der Waals surface area contributed by atoms with Gasteiger partial charge in [0, 0.05) is 0 Å². The Bertz CT molecular complexity index is 1920. The van der Waals surface area contributed by atoms with Gasteiger partial charge in [0.2, 0.25) is 0 Å². The maximum atomic E-state index is 13.3. The molecule has 3 aromatic carbocycles. The highest BCUT2D eigenvalue weighted by Gasteiger charge is 2.38. The Morgan fingerprint density at radius 2 is 0.800 bits per heavy atom. The predicted molar refractivity (Wildman–Crippen MR) is 142 cm³/mol. The average molecular weight is 537 g/mol. The second-order valence-electron chi connectivity index (χ2n) is 9.68. The molecule has 5 aromatic rings. The van der Waals surface area contributed by atoms with E-state index >= 15 is 0 Å². The molecular weight excluding hydrogens is 516 g/mol. The molecule has 2 unspecified atom stereocenters. The van der Waals surface area contributed by atoms with Crippen molar-refractivity contribution in [2.24, 2.45) is 0 Å². The first-order valence-corrected chi connectivity index (χ1v) is 12.6. The van der Waals surface area contributed by atoms with Gasteiger partial charge in [0.15, 0.2) is 0 Å². The highest BCUT2D eigenvalue weighted by atomic mass is 16.2. The van der Waals surface area contributed by atoms with Crippen LogP contribution in [-0.4, -0.2) is 39.7 Å². The van der Waals surface area contributed by atoms with Crippen molar-refractivity contribution in [1.82, 2.24) is 27.9 Å². The fourth-order valence-corrected chi connectivity index (χ4v) is 5.64. The van der Waals surface area contributed by atoms with Crippen molar-refractivity contribution >= 4 is 11.8 Å². The first-order chi connectivity index (χ1) is 19.4. The third kappa shape index (κ3) is 3.19. The molecule has 40 heavy (non-hydrogen) atoms. The molecule has 2 aromatic heterocycles. The molecule has 7 rings (SSSR count). The number of carbonyl (C=O) groups is 2. The molecule has 0 amide bonds. The summed E-state index contributed by atoms with van der Waals surface area (Å²) in [6.45, 7) is 0. The molecular formula is C28H20N6O6. The maximum absolute atomic E-state index is 13.3. The topological polar surface area (TPSA) is 132 Å².